The van der Waals surface area contributed by atoms with Crippen LogP contribution in [0.15, 0.2) is 11.6 Å². The molecule has 1 N–H and O–H groups in total. The van der Waals surface area contributed by atoms with E-state index in [1.807, 2.05) is 0 Å². The van der Waals surface area contributed by atoms with E-state index in [9.17, 15) is 13.6 Å². The molecule has 0 saturated carbocycles. The fourth-order valence-electron chi connectivity index (χ4n) is 0.858. The van der Waals surface area contributed by atoms with Gasteiger partial charge in [-0.3, -0.25) is 0 Å². The molecule has 0 atom stereocenters. The quantitative estimate of drug-likeness (QED) is 0.610. The molecule has 0 bridgehead atoms. The van der Waals surface area contributed by atoms with Gasteiger partial charge in [0.15, 0.2) is 0 Å². The van der Waals surface area contributed by atoms with E-state index in [0.717, 1.165) is 6.08 Å². The van der Waals surface area contributed by atoms with E-state index in [0.29, 0.717) is 0 Å². The lowest BCUT2D eigenvalue weighted by Crippen LogP contribution is -2.11. The van der Waals surface area contributed by atoms with Crippen molar-refractivity contribution in [2.75, 3.05) is 0 Å². The Kier molecular flexibility index (Phi) is 1.46. The van der Waals surface area contributed by atoms with Crippen molar-refractivity contribution in [1.82, 2.24) is 0 Å². The van der Waals surface area contributed by atoms with Gasteiger partial charge in [-0.15, -0.1) is 0 Å². The number of carboxylic acids is 1. The minimum absolute atomic E-state index is 0.176. The van der Waals surface area contributed by atoms with E-state index >= 15 is 0 Å². The van der Waals surface area contributed by atoms with E-state index < -0.39 is 24.7 Å². The van der Waals surface area contributed by atoms with Crippen molar-refractivity contribution in [3.8, 4) is 0 Å². The highest BCUT2D eigenvalue weighted by molar-refractivity contribution is 5.87. The van der Waals surface area contributed by atoms with Crippen LogP contribution in [0, 0.1) is 0 Å². The molecule has 0 unspecified atom stereocenters. The standard InChI is InChI=1S/C6H6F2O2/c7-6(8)2-1-4(3-6)5(9)10/h1H,2-3H2,(H,9,10). The Morgan fingerprint density at radius 2 is 2.30 bits per heavy atom. The van der Waals surface area contributed by atoms with Crippen LogP contribution in [0.1, 0.15) is 12.8 Å². The minimum atomic E-state index is -2.83. The van der Waals surface area contributed by atoms with E-state index in [1.165, 1.54) is 0 Å². The van der Waals surface area contributed by atoms with Gasteiger partial charge in [-0.1, -0.05) is 6.08 Å². The van der Waals surface area contributed by atoms with Crippen LogP contribution in [-0.2, 0) is 4.79 Å². The summed E-state index contributed by atoms with van der Waals surface area (Å²) >= 11 is 0. The molecule has 1 aliphatic rings. The van der Waals surface area contributed by atoms with Gasteiger partial charge < -0.3 is 5.11 Å². The summed E-state index contributed by atoms with van der Waals surface area (Å²) < 4.78 is 24.5. The van der Waals surface area contributed by atoms with Crippen LogP contribution < -0.4 is 0 Å². The minimum Gasteiger partial charge on any atom is -0.478 e. The van der Waals surface area contributed by atoms with Gasteiger partial charge >= 0.3 is 5.97 Å². The highest BCUT2D eigenvalue weighted by Gasteiger charge is 2.36. The van der Waals surface area contributed by atoms with Crippen LogP contribution in [0.3, 0.4) is 0 Å². The van der Waals surface area contributed by atoms with E-state index in [-0.39, 0.29) is 5.57 Å². The van der Waals surface area contributed by atoms with Crippen molar-refractivity contribution in [2.45, 2.75) is 18.8 Å². The Bertz CT molecular complexity index is 196. The molecule has 56 valence electrons. The smallest absolute Gasteiger partial charge is 0.331 e. The average Bonchev–Trinajstić information content (AvgIpc) is 2.10. The Hall–Kier alpha value is -0.930. The molecule has 0 aliphatic heterocycles. The monoisotopic (exact) mass is 148 g/mol. The van der Waals surface area contributed by atoms with Crippen LogP contribution in [0.4, 0.5) is 8.78 Å². The lowest BCUT2D eigenvalue weighted by Gasteiger charge is -2.05. The van der Waals surface area contributed by atoms with Crippen LogP contribution in [0.2, 0.25) is 0 Å². The second-order valence-corrected chi connectivity index (χ2v) is 2.27. The van der Waals surface area contributed by atoms with Crippen LogP contribution in [-0.4, -0.2) is 17.0 Å². The number of alkyl halides is 2. The molecule has 0 aromatic carbocycles. The molecular weight excluding hydrogens is 142 g/mol. The van der Waals surface area contributed by atoms with Gasteiger partial charge in [-0.2, -0.15) is 0 Å². The molecule has 0 aromatic rings. The normalized spacial score (nSPS) is 22.4. The van der Waals surface area contributed by atoms with Crippen molar-refractivity contribution in [3.05, 3.63) is 11.6 Å². The molecule has 0 amide bonds. The average molecular weight is 148 g/mol. The molecule has 0 radical (unpaired) electrons. The first-order valence-electron chi connectivity index (χ1n) is 2.81. The number of carboxylic acid groups (broad SMARTS) is 1. The SMILES string of the molecule is O=C(O)C1=CCC(F)(F)C1. The summed E-state index contributed by atoms with van der Waals surface area (Å²) in [5.41, 5.74) is -0.176. The molecule has 10 heavy (non-hydrogen) atoms. The van der Waals surface area contributed by atoms with Gasteiger partial charge in [0.05, 0.1) is 0 Å². The Balaban J connectivity index is 2.64. The Morgan fingerprint density at radius 1 is 1.70 bits per heavy atom. The van der Waals surface area contributed by atoms with Gasteiger partial charge in [-0.25, -0.2) is 13.6 Å². The first kappa shape index (κ1) is 7.18. The number of halogens is 2. The second kappa shape index (κ2) is 2.04. The molecular formula is C6H6F2O2. The molecule has 0 fully saturated rings. The first-order chi connectivity index (χ1) is 4.51. The van der Waals surface area contributed by atoms with Crippen molar-refractivity contribution in [3.63, 3.8) is 0 Å². The Morgan fingerprint density at radius 3 is 2.50 bits per heavy atom. The number of allylic oxidation sites excluding steroid dienone is 1. The zero-order valence-electron chi connectivity index (χ0n) is 5.10. The van der Waals surface area contributed by atoms with Crippen LogP contribution >= 0.6 is 0 Å². The topological polar surface area (TPSA) is 37.3 Å². The summed E-state index contributed by atoms with van der Waals surface area (Å²) in [5, 5.41) is 8.24. The molecule has 1 aliphatic carbocycles. The number of carbonyl (C=O) groups is 1. The van der Waals surface area contributed by atoms with Crippen molar-refractivity contribution in [2.24, 2.45) is 0 Å². The van der Waals surface area contributed by atoms with Gasteiger partial charge in [-0.05, 0) is 0 Å². The number of rotatable bonds is 1. The zero-order chi connectivity index (χ0) is 7.78. The maximum atomic E-state index is 12.2. The maximum absolute atomic E-state index is 12.2. The summed E-state index contributed by atoms with van der Waals surface area (Å²) in [4.78, 5) is 10.1. The summed E-state index contributed by atoms with van der Waals surface area (Å²) in [5.74, 6) is -4.06. The third kappa shape index (κ3) is 1.32. The van der Waals surface area contributed by atoms with Gasteiger partial charge in [0.1, 0.15) is 0 Å². The fraction of sp³-hybridized carbons (Fsp3) is 0.500. The third-order valence-electron chi connectivity index (χ3n) is 1.37. The summed E-state index contributed by atoms with van der Waals surface area (Å²) in [6, 6.07) is 0. The van der Waals surface area contributed by atoms with Crippen molar-refractivity contribution < 1.29 is 18.7 Å². The van der Waals surface area contributed by atoms with Gasteiger partial charge in [0, 0.05) is 18.4 Å². The number of aliphatic carboxylic acids is 1. The summed E-state index contributed by atoms with van der Waals surface area (Å²) in [7, 11) is 0. The molecule has 0 aromatic heterocycles. The molecule has 0 spiro atoms. The van der Waals surface area contributed by atoms with Crippen LogP contribution in [0.25, 0.3) is 0 Å². The first-order valence-corrected chi connectivity index (χ1v) is 2.81. The summed E-state index contributed by atoms with van der Waals surface area (Å²) in [6.45, 7) is 0. The Labute approximate surface area is 56.2 Å². The largest absolute Gasteiger partial charge is 0.478 e. The lowest BCUT2D eigenvalue weighted by molar-refractivity contribution is -0.133. The zero-order valence-corrected chi connectivity index (χ0v) is 5.10. The lowest BCUT2D eigenvalue weighted by atomic mass is 10.2. The predicted octanol–water partition coefficient (Wildman–Crippen LogP) is 1.43. The molecule has 0 heterocycles. The van der Waals surface area contributed by atoms with Gasteiger partial charge in [0.2, 0.25) is 0 Å². The third-order valence-corrected chi connectivity index (χ3v) is 1.37. The van der Waals surface area contributed by atoms with Crippen molar-refractivity contribution >= 4 is 5.97 Å². The molecule has 0 saturated heterocycles. The highest BCUT2D eigenvalue weighted by atomic mass is 19.3. The van der Waals surface area contributed by atoms with Crippen LogP contribution in [0.5, 0.6) is 0 Å². The van der Waals surface area contributed by atoms with Gasteiger partial charge in [0.25, 0.3) is 5.92 Å². The highest BCUT2D eigenvalue weighted by Crippen LogP contribution is 2.33. The van der Waals surface area contributed by atoms with Crippen molar-refractivity contribution in [1.29, 1.82) is 0 Å². The molecule has 1 rings (SSSR count). The number of hydrogen-bond acceptors (Lipinski definition) is 1. The van der Waals surface area contributed by atoms with E-state index in [1.54, 1.807) is 0 Å². The predicted molar refractivity (Wildman–Crippen MR) is 29.9 cm³/mol. The second-order valence-electron chi connectivity index (χ2n) is 2.27. The fourth-order valence-corrected chi connectivity index (χ4v) is 0.858. The maximum Gasteiger partial charge on any atom is 0.331 e. The molecule has 4 heteroatoms. The van der Waals surface area contributed by atoms with E-state index in [2.05, 4.69) is 0 Å². The van der Waals surface area contributed by atoms with E-state index in [4.69, 9.17) is 5.11 Å². The molecule has 2 nitrogen and oxygen atoms in total. The number of hydrogen-bond donors (Lipinski definition) is 1. The summed E-state index contributed by atoms with van der Waals surface area (Å²) in [6.07, 6.45) is 0.0132.